The van der Waals surface area contributed by atoms with Crippen molar-refractivity contribution in [2.24, 2.45) is 0 Å². The summed E-state index contributed by atoms with van der Waals surface area (Å²) >= 11 is 0. The molecule has 7 nitrogen and oxygen atoms in total. The molecule has 2 aromatic rings. The van der Waals surface area contributed by atoms with Crippen LogP contribution in [-0.2, 0) is 0 Å². The van der Waals surface area contributed by atoms with Gasteiger partial charge in [-0.1, -0.05) is 13.8 Å². The van der Waals surface area contributed by atoms with E-state index in [-0.39, 0.29) is 23.0 Å². The first-order chi connectivity index (χ1) is 12.3. The molecule has 0 aliphatic rings. The number of methoxy groups -OCH3 is 3. The molecule has 0 unspecified atom stereocenters. The highest BCUT2D eigenvalue weighted by atomic mass is 16.5. The zero-order valence-electron chi connectivity index (χ0n) is 15.4. The molecule has 7 heteroatoms. The van der Waals surface area contributed by atoms with Crippen LogP contribution in [0.1, 0.15) is 35.7 Å². The molecule has 1 amide bonds. The fraction of sp³-hybridized carbons (Fsp3) is 0.316. The average Bonchev–Trinajstić information content (AvgIpc) is 2.60. The number of anilines is 1. The van der Waals surface area contributed by atoms with E-state index >= 15 is 0 Å². The van der Waals surface area contributed by atoms with E-state index in [2.05, 4.69) is 5.32 Å². The first-order valence-corrected chi connectivity index (χ1v) is 7.99. The van der Waals surface area contributed by atoms with Gasteiger partial charge in [-0.3, -0.25) is 4.79 Å². The van der Waals surface area contributed by atoms with Crippen molar-refractivity contribution in [3.8, 4) is 28.7 Å². The number of rotatable bonds is 6. The van der Waals surface area contributed by atoms with Gasteiger partial charge in [-0.2, -0.15) is 0 Å². The number of amides is 1. The summed E-state index contributed by atoms with van der Waals surface area (Å²) in [5.74, 6) is 0.281. The third-order valence-electron chi connectivity index (χ3n) is 3.93. The quantitative estimate of drug-likeness (QED) is 0.729. The van der Waals surface area contributed by atoms with Gasteiger partial charge in [0.25, 0.3) is 5.91 Å². The van der Waals surface area contributed by atoms with Gasteiger partial charge in [0.1, 0.15) is 11.5 Å². The minimum atomic E-state index is -0.529. The lowest BCUT2D eigenvalue weighted by Crippen LogP contribution is -2.13. The Labute approximate surface area is 152 Å². The normalized spacial score (nSPS) is 10.5. The SMILES string of the molecule is COc1cc(NC(=O)c2cc(C(C)C)c(O)cc2O)cc(OC)c1OC. The van der Waals surface area contributed by atoms with Crippen molar-refractivity contribution in [2.75, 3.05) is 26.6 Å². The van der Waals surface area contributed by atoms with Gasteiger partial charge in [0.05, 0.1) is 26.9 Å². The number of phenolic OH excluding ortho intramolecular Hbond substituents is 2. The van der Waals surface area contributed by atoms with Gasteiger partial charge >= 0.3 is 0 Å². The minimum absolute atomic E-state index is 0.0108. The van der Waals surface area contributed by atoms with Crippen LogP contribution in [0.15, 0.2) is 24.3 Å². The first kappa shape index (κ1) is 19.2. The number of carbonyl (C=O) groups is 1. The van der Waals surface area contributed by atoms with Gasteiger partial charge in [-0.25, -0.2) is 0 Å². The van der Waals surface area contributed by atoms with Gasteiger partial charge in [-0.05, 0) is 17.5 Å². The molecule has 0 radical (unpaired) electrons. The molecule has 3 N–H and O–H groups in total. The Morgan fingerprint density at radius 3 is 1.96 bits per heavy atom. The number of hydrogen-bond acceptors (Lipinski definition) is 6. The van der Waals surface area contributed by atoms with E-state index in [0.717, 1.165) is 0 Å². The third kappa shape index (κ3) is 3.77. The molecular weight excluding hydrogens is 338 g/mol. The molecule has 140 valence electrons. The number of hydrogen-bond donors (Lipinski definition) is 3. The third-order valence-corrected chi connectivity index (χ3v) is 3.93. The molecule has 0 saturated carbocycles. The summed E-state index contributed by atoms with van der Waals surface area (Å²) in [5.41, 5.74) is 1.03. The lowest BCUT2D eigenvalue weighted by Gasteiger charge is -2.16. The van der Waals surface area contributed by atoms with Crippen LogP contribution < -0.4 is 19.5 Å². The van der Waals surface area contributed by atoms with E-state index in [1.54, 1.807) is 12.1 Å². The Balaban J connectivity index is 2.40. The van der Waals surface area contributed by atoms with E-state index in [9.17, 15) is 15.0 Å². The zero-order chi connectivity index (χ0) is 19.4. The summed E-state index contributed by atoms with van der Waals surface area (Å²) in [7, 11) is 4.44. The summed E-state index contributed by atoms with van der Waals surface area (Å²) < 4.78 is 15.8. The monoisotopic (exact) mass is 361 g/mol. The van der Waals surface area contributed by atoms with Crippen LogP contribution in [0.25, 0.3) is 0 Å². The Bertz CT molecular complexity index is 791. The average molecular weight is 361 g/mol. The summed E-state index contributed by atoms with van der Waals surface area (Å²) in [6.45, 7) is 3.76. The maximum Gasteiger partial charge on any atom is 0.259 e. The predicted octanol–water partition coefficient (Wildman–Crippen LogP) is 3.50. The predicted molar refractivity (Wildman–Crippen MR) is 97.9 cm³/mol. The first-order valence-electron chi connectivity index (χ1n) is 7.99. The standard InChI is InChI=1S/C19H23NO6/c1-10(2)12-8-13(15(22)9-14(12)21)19(23)20-11-6-16(24-3)18(26-5)17(7-11)25-4/h6-10,21-22H,1-5H3,(H,20,23). The smallest absolute Gasteiger partial charge is 0.259 e. The van der Waals surface area contributed by atoms with Crippen molar-refractivity contribution in [3.05, 3.63) is 35.4 Å². The molecule has 0 aromatic heterocycles. The molecule has 2 rings (SSSR count). The van der Waals surface area contributed by atoms with Crippen LogP contribution in [-0.4, -0.2) is 37.4 Å². The van der Waals surface area contributed by atoms with Crippen LogP contribution in [0.3, 0.4) is 0 Å². The molecule has 2 aromatic carbocycles. The van der Waals surface area contributed by atoms with Crippen molar-refractivity contribution >= 4 is 11.6 Å². The highest BCUT2D eigenvalue weighted by molar-refractivity contribution is 6.06. The second kappa shape index (κ2) is 7.86. The Morgan fingerprint density at radius 1 is 0.923 bits per heavy atom. The lowest BCUT2D eigenvalue weighted by molar-refractivity contribution is 0.102. The van der Waals surface area contributed by atoms with E-state index in [1.807, 2.05) is 13.8 Å². The van der Waals surface area contributed by atoms with Crippen molar-refractivity contribution in [1.29, 1.82) is 0 Å². The van der Waals surface area contributed by atoms with E-state index in [0.29, 0.717) is 28.5 Å². The van der Waals surface area contributed by atoms with E-state index < -0.39 is 5.91 Å². The number of ether oxygens (including phenoxy) is 3. The number of aromatic hydroxyl groups is 2. The van der Waals surface area contributed by atoms with Crippen LogP contribution >= 0.6 is 0 Å². The highest BCUT2D eigenvalue weighted by Crippen LogP contribution is 2.40. The molecule has 26 heavy (non-hydrogen) atoms. The number of carbonyl (C=O) groups excluding carboxylic acids is 1. The van der Waals surface area contributed by atoms with Gasteiger partial charge in [-0.15, -0.1) is 0 Å². The Morgan fingerprint density at radius 2 is 1.50 bits per heavy atom. The van der Waals surface area contributed by atoms with Crippen LogP contribution in [0.2, 0.25) is 0 Å². The molecule has 0 aliphatic heterocycles. The van der Waals surface area contributed by atoms with Crippen LogP contribution in [0, 0.1) is 0 Å². The second-order valence-electron chi connectivity index (χ2n) is 5.95. The number of nitrogens with one attached hydrogen (secondary N) is 1. The second-order valence-corrected chi connectivity index (χ2v) is 5.95. The van der Waals surface area contributed by atoms with Crippen molar-refractivity contribution in [2.45, 2.75) is 19.8 Å². The largest absolute Gasteiger partial charge is 0.508 e. The molecule has 0 atom stereocenters. The number of phenols is 2. The molecular formula is C19H23NO6. The molecule has 0 bridgehead atoms. The highest BCUT2D eigenvalue weighted by Gasteiger charge is 2.19. The summed E-state index contributed by atoms with van der Waals surface area (Å²) in [5, 5.41) is 22.6. The van der Waals surface area contributed by atoms with Gasteiger partial charge in [0, 0.05) is 23.9 Å². The fourth-order valence-corrected chi connectivity index (χ4v) is 2.59. The van der Waals surface area contributed by atoms with Crippen molar-refractivity contribution in [3.63, 3.8) is 0 Å². The van der Waals surface area contributed by atoms with Gasteiger partial charge in [0.15, 0.2) is 11.5 Å². The lowest BCUT2D eigenvalue weighted by atomic mass is 9.98. The van der Waals surface area contributed by atoms with Crippen LogP contribution in [0.5, 0.6) is 28.7 Å². The van der Waals surface area contributed by atoms with Gasteiger partial charge in [0.2, 0.25) is 5.75 Å². The Hall–Kier alpha value is -3.09. The van der Waals surface area contributed by atoms with Crippen LogP contribution in [0.4, 0.5) is 5.69 Å². The maximum atomic E-state index is 12.6. The zero-order valence-corrected chi connectivity index (χ0v) is 15.4. The molecule has 0 spiro atoms. The Kier molecular flexibility index (Phi) is 5.82. The minimum Gasteiger partial charge on any atom is -0.508 e. The van der Waals surface area contributed by atoms with Crippen molar-refractivity contribution < 1.29 is 29.2 Å². The number of benzene rings is 2. The topological polar surface area (TPSA) is 97.3 Å². The summed E-state index contributed by atoms with van der Waals surface area (Å²) in [4.78, 5) is 12.6. The summed E-state index contributed by atoms with van der Waals surface area (Å²) in [6, 6.07) is 5.81. The molecule has 0 fully saturated rings. The molecule has 0 saturated heterocycles. The van der Waals surface area contributed by atoms with E-state index in [1.165, 1.54) is 33.5 Å². The van der Waals surface area contributed by atoms with Crippen molar-refractivity contribution in [1.82, 2.24) is 0 Å². The van der Waals surface area contributed by atoms with E-state index in [4.69, 9.17) is 14.2 Å². The maximum absolute atomic E-state index is 12.6. The summed E-state index contributed by atoms with van der Waals surface area (Å²) in [6.07, 6.45) is 0. The van der Waals surface area contributed by atoms with Gasteiger partial charge < -0.3 is 29.7 Å². The molecule has 0 heterocycles. The fourth-order valence-electron chi connectivity index (χ4n) is 2.59. The molecule has 0 aliphatic carbocycles.